The molecule has 152 valence electrons. The number of hydrogen-bond acceptors (Lipinski definition) is 5. The van der Waals surface area contributed by atoms with Gasteiger partial charge in [0, 0.05) is 30.4 Å². The van der Waals surface area contributed by atoms with Crippen molar-refractivity contribution in [3.05, 3.63) is 53.6 Å². The SMILES string of the molecule is CCCCc1ccc(S(=O)(=O)N/N=C/c2ccc(N(CC)CC)cc2O)cc1. The third kappa shape index (κ3) is 5.73. The van der Waals surface area contributed by atoms with Gasteiger partial charge in [0.05, 0.1) is 11.1 Å². The number of nitrogens with one attached hydrogen (secondary N) is 1. The molecule has 2 rings (SSSR count). The second-order valence-electron chi connectivity index (χ2n) is 6.52. The highest BCUT2D eigenvalue weighted by molar-refractivity contribution is 7.89. The lowest BCUT2D eigenvalue weighted by molar-refractivity contribution is 0.474. The van der Waals surface area contributed by atoms with Crippen LogP contribution in [0.1, 0.15) is 44.7 Å². The van der Waals surface area contributed by atoms with Gasteiger partial charge in [-0.05, 0) is 56.5 Å². The first-order chi connectivity index (χ1) is 13.4. The quantitative estimate of drug-likeness (QED) is 0.466. The zero-order valence-electron chi connectivity index (χ0n) is 16.7. The first kappa shape index (κ1) is 21.8. The molecular weight excluding hydrogens is 374 g/mol. The number of unbranched alkanes of at least 4 members (excludes halogenated alkanes) is 1. The summed E-state index contributed by atoms with van der Waals surface area (Å²) in [4.78, 5) is 4.46. The number of hydrazone groups is 1. The predicted molar refractivity (Wildman–Crippen MR) is 115 cm³/mol. The Morgan fingerprint density at radius 2 is 1.75 bits per heavy atom. The number of phenolic OH excluding ortho intramolecular Hbond substituents is 1. The summed E-state index contributed by atoms with van der Waals surface area (Å²) in [6.45, 7) is 7.87. The summed E-state index contributed by atoms with van der Waals surface area (Å²) in [6.07, 6.45) is 4.41. The smallest absolute Gasteiger partial charge is 0.276 e. The van der Waals surface area contributed by atoms with Crippen molar-refractivity contribution in [2.75, 3.05) is 18.0 Å². The Bertz CT molecular complexity index is 890. The number of aromatic hydroxyl groups is 1. The summed E-state index contributed by atoms with van der Waals surface area (Å²) in [7, 11) is -3.75. The predicted octanol–water partition coefficient (Wildman–Crippen LogP) is 3.89. The van der Waals surface area contributed by atoms with Crippen molar-refractivity contribution in [1.29, 1.82) is 0 Å². The van der Waals surface area contributed by atoms with E-state index in [1.54, 1.807) is 24.3 Å². The van der Waals surface area contributed by atoms with Gasteiger partial charge in [0.15, 0.2) is 0 Å². The normalized spacial score (nSPS) is 11.7. The minimum atomic E-state index is -3.75. The lowest BCUT2D eigenvalue weighted by atomic mass is 10.1. The van der Waals surface area contributed by atoms with Crippen molar-refractivity contribution in [2.24, 2.45) is 5.10 Å². The fourth-order valence-electron chi connectivity index (χ4n) is 2.86. The number of nitrogens with zero attached hydrogens (tertiary/aromatic N) is 2. The summed E-state index contributed by atoms with van der Waals surface area (Å²) in [5.74, 6) is 0.0487. The van der Waals surface area contributed by atoms with Gasteiger partial charge in [0.25, 0.3) is 10.0 Å². The fourth-order valence-corrected chi connectivity index (χ4v) is 3.65. The number of sulfonamides is 1. The average Bonchev–Trinajstić information content (AvgIpc) is 2.69. The topological polar surface area (TPSA) is 82.0 Å². The zero-order valence-corrected chi connectivity index (χ0v) is 17.5. The molecule has 0 aliphatic rings. The summed E-state index contributed by atoms with van der Waals surface area (Å²) in [5.41, 5.74) is 2.46. The highest BCUT2D eigenvalue weighted by Crippen LogP contribution is 2.23. The van der Waals surface area contributed by atoms with E-state index in [1.807, 2.05) is 32.0 Å². The Morgan fingerprint density at radius 1 is 1.07 bits per heavy atom. The van der Waals surface area contributed by atoms with E-state index in [4.69, 9.17) is 0 Å². The molecule has 2 N–H and O–H groups in total. The maximum Gasteiger partial charge on any atom is 0.276 e. The van der Waals surface area contributed by atoms with Crippen molar-refractivity contribution in [3.63, 3.8) is 0 Å². The molecule has 6 nitrogen and oxygen atoms in total. The fraction of sp³-hybridized carbons (Fsp3) is 0.381. The van der Waals surface area contributed by atoms with E-state index in [9.17, 15) is 13.5 Å². The van der Waals surface area contributed by atoms with Gasteiger partial charge in [-0.2, -0.15) is 13.5 Å². The standard InChI is InChI=1S/C21H29N3O3S/c1-4-7-8-17-9-13-20(14-10-17)28(26,27)23-22-16-18-11-12-19(15-21(18)25)24(5-2)6-3/h9-16,23,25H,4-8H2,1-3H3/b22-16+. The first-order valence-electron chi connectivity index (χ1n) is 9.63. The molecule has 0 atom stereocenters. The summed E-state index contributed by atoms with van der Waals surface area (Å²) in [6, 6.07) is 12.1. The maximum atomic E-state index is 12.4. The highest BCUT2D eigenvalue weighted by atomic mass is 32.2. The van der Waals surface area contributed by atoms with E-state index in [-0.39, 0.29) is 10.6 Å². The van der Waals surface area contributed by atoms with Crippen molar-refractivity contribution in [2.45, 2.75) is 44.9 Å². The molecule has 0 fully saturated rings. The van der Waals surface area contributed by atoms with Crippen molar-refractivity contribution in [1.82, 2.24) is 4.83 Å². The minimum absolute atomic E-state index is 0.0487. The molecule has 0 saturated heterocycles. The molecule has 0 aromatic heterocycles. The van der Waals surface area contributed by atoms with Gasteiger partial charge in [-0.3, -0.25) is 0 Å². The Morgan fingerprint density at radius 3 is 2.32 bits per heavy atom. The lowest BCUT2D eigenvalue weighted by Gasteiger charge is -2.21. The summed E-state index contributed by atoms with van der Waals surface area (Å²) >= 11 is 0. The van der Waals surface area contributed by atoms with Gasteiger partial charge < -0.3 is 10.0 Å². The number of anilines is 1. The van der Waals surface area contributed by atoms with Gasteiger partial charge in [-0.15, -0.1) is 0 Å². The number of rotatable bonds is 10. The molecule has 2 aromatic carbocycles. The molecule has 0 aliphatic carbocycles. The Balaban J connectivity index is 2.06. The number of phenols is 1. The Kier molecular flexibility index (Phi) is 7.87. The highest BCUT2D eigenvalue weighted by Gasteiger charge is 2.12. The molecular formula is C21H29N3O3S. The number of benzene rings is 2. The molecule has 0 spiro atoms. The first-order valence-corrected chi connectivity index (χ1v) is 11.1. The van der Waals surface area contributed by atoms with Crippen LogP contribution in [0.4, 0.5) is 5.69 Å². The van der Waals surface area contributed by atoms with Crippen LogP contribution in [0.5, 0.6) is 5.75 Å². The number of aryl methyl sites for hydroxylation is 1. The van der Waals surface area contributed by atoms with Crippen LogP contribution in [-0.2, 0) is 16.4 Å². The summed E-state index contributed by atoms with van der Waals surface area (Å²) < 4.78 is 24.7. The molecule has 0 aliphatic heterocycles. The van der Waals surface area contributed by atoms with E-state index < -0.39 is 10.0 Å². The molecule has 7 heteroatoms. The van der Waals surface area contributed by atoms with Crippen LogP contribution < -0.4 is 9.73 Å². The van der Waals surface area contributed by atoms with Gasteiger partial charge in [-0.25, -0.2) is 4.83 Å². The van der Waals surface area contributed by atoms with E-state index in [0.717, 1.165) is 43.6 Å². The summed E-state index contributed by atoms with van der Waals surface area (Å²) in [5, 5.41) is 14.0. The largest absolute Gasteiger partial charge is 0.507 e. The third-order valence-electron chi connectivity index (χ3n) is 4.57. The van der Waals surface area contributed by atoms with Crippen LogP contribution >= 0.6 is 0 Å². The maximum absolute atomic E-state index is 12.4. The minimum Gasteiger partial charge on any atom is -0.507 e. The van der Waals surface area contributed by atoms with Gasteiger partial charge in [-0.1, -0.05) is 25.5 Å². The molecule has 2 aromatic rings. The van der Waals surface area contributed by atoms with Crippen LogP contribution in [0, 0.1) is 0 Å². The van der Waals surface area contributed by atoms with Crippen LogP contribution in [0.2, 0.25) is 0 Å². The third-order valence-corrected chi connectivity index (χ3v) is 5.81. The van der Waals surface area contributed by atoms with Gasteiger partial charge in [0.1, 0.15) is 5.75 Å². The molecule has 0 unspecified atom stereocenters. The molecule has 0 amide bonds. The second-order valence-corrected chi connectivity index (χ2v) is 8.18. The van der Waals surface area contributed by atoms with E-state index in [0.29, 0.717) is 5.56 Å². The van der Waals surface area contributed by atoms with Crippen LogP contribution in [0.3, 0.4) is 0 Å². The van der Waals surface area contributed by atoms with Crippen LogP contribution in [0.25, 0.3) is 0 Å². The molecule has 0 saturated carbocycles. The van der Waals surface area contributed by atoms with E-state index in [1.165, 1.54) is 6.21 Å². The van der Waals surface area contributed by atoms with Crippen LogP contribution in [0.15, 0.2) is 52.5 Å². The second kappa shape index (κ2) is 10.1. The number of hydrogen-bond donors (Lipinski definition) is 2. The van der Waals surface area contributed by atoms with Crippen molar-refractivity contribution < 1.29 is 13.5 Å². The molecule has 0 bridgehead atoms. The molecule has 0 radical (unpaired) electrons. The monoisotopic (exact) mass is 403 g/mol. The Hall–Kier alpha value is -2.54. The lowest BCUT2D eigenvalue weighted by Crippen LogP contribution is -2.21. The van der Waals surface area contributed by atoms with Gasteiger partial charge >= 0.3 is 0 Å². The van der Waals surface area contributed by atoms with Crippen LogP contribution in [-0.4, -0.2) is 32.8 Å². The molecule has 0 heterocycles. The van der Waals surface area contributed by atoms with Crippen molar-refractivity contribution in [3.8, 4) is 5.75 Å². The van der Waals surface area contributed by atoms with E-state index in [2.05, 4.69) is 21.8 Å². The molecule has 28 heavy (non-hydrogen) atoms. The van der Waals surface area contributed by atoms with Crippen molar-refractivity contribution >= 4 is 21.9 Å². The zero-order chi connectivity index (χ0) is 20.6. The van der Waals surface area contributed by atoms with E-state index >= 15 is 0 Å². The Labute approximate surface area is 168 Å². The van der Waals surface area contributed by atoms with Gasteiger partial charge in [0.2, 0.25) is 0 Å². The average molecular weight is 404 g/mol.